The molecule has 0 saturated carbocycles. The lowest BCUT2D eigenvalue weighted by Crippen LogP contribution is -2.27. The van der Waals surface area contributed by atoms with Gasteiger partial charge in [-0.2, -0.15) is 0 Å². The van der Waals surface area contributed by atoms with Gasteiger partial charge >= 0.3 is 6.09 Å². The van der Waals surface area contributed by atoms with Crippen LogP contribution in [0, 0.1) is 0 Å². The van der Waals surface area contributed by atoms with E-state index in [1.54, 1.807) is 17.0 Å². The molecule has 0 spiro atoms. The number of rotatable bonds is 3. The van der Waals surface area contributed by atoms with Crippen LogP contribution in [0.3, 0.4) is 0 Å². The molecule has 0 aliphatic carbocycles. The minimum absolute atomic E-state index is 0.373. The van der Waals surface area contributed by atoms with Crippen LogP contribution in [0.25, 0.3) is 17.0 Å². The van der Waals surface area contributed by atoms with Crippen LogP contribution in [0.2, 0.25) is 0 Å². The van der Waals surface area contributed by atoms with E-state index in [1.807, 2.05) is 39.0 Å². The van der Waals surface area contributed by atoms with E-state index in [2.05, 4.69) is 18.0 Å². The largest absolute Gasteiger partial charge is 0.443 e. The summed E-state index contributed by atoms with van der Waals surface area (Å²) in [7, 11) is 0. The molecule has 0 fully saturated rings. The molecular formula is C17H22N2O2. The lowest BCUT2D eigenvalue weighted by molar-refractivity contribution is 0.0543. The monoisotopic (exact) mass is 286 g/mol. The number of hydrogen-bond donors (Lipinski definition) is 0. The number of hydrogen-bond acceptors (Lipinski definition) is 3. The van der Waals surface area contributed by atoms with Crippen LogP contribution in [-0.2, 0) is 4.74 Å². The third-order valence-corrected chi connectivity index (χ3v) is 2.96. The first kappa shape index (κ1) is 15.3. The number of unbranched alkanes of at least 4 members (excludes halogenated alkanes) is 1. The Morgan fingerprint density at radius 2 is 2.19 bits per heavy atom. The molecule has 0 saturated heterocycles. The molecule has 2 heterocycles. The second-order valence-corrected chi connectivity index (χ2v) is 6.01. The first-order chi connectivity index (χ1) is 9.92. The molecule has 0 radical (unpaired) electrons. The molecule has 2 rings (SSSR count). The van der Waals surface area contributed by atoms with Crippen LogP contribution in [0.4, 0.5) is 4.79 Å². The van der Waals surface area contributed by atoms with Crippen molar-refractivity contribution in [1.29, 1.82) is 0 Å². The maximum absolute atomic E-state index is 12.5. The predicted octanol–water partition coefficient (Wildman–Crippen LogP) is 4.63. The van der Waals surface area contributed by atoms with E-state index < -0.39 is 5.60 Å². The van der Waals surface area contributed by atoms with Gasteiger partial charge in [0, 0.05) is 11.6 Å². The highest BCUT2D eigenvalue weighted by atomic mass is 16.6. The fourth-order valence-electron chi connectivity index (χ4n) is 2.07. The van der Waals surface area contributed by atoms with Crippen LogP contribution in [-0.4, -0.2) is 21.2 Å². The lowest BCUT2D eigenvalue weighted by atomic mass is 10.2. The van der Waals surface area contributed by atoms with Crippen LogP contribution in [0.15, 0.2) is 30.6 Å². The molecule has 2 aromatic rings. The molecule has 4 nitrogen and oxygen atoms in total. The summed E-state index contributed by atoms with van der Waals surface area (Å²) >= 11 is 0. The molecule has 0 N–H and O–H groups in total. The number of nitrogens with zero attached hydrogens (tertiary/aromatic N) is 2. The van der Waals surface area contributed by atoms with Gasteiger partial charge in [-0.15, -0.1) is 0 Å². The fraction of sp³-hybridized carbons (Fsp3) is 0.412. The Kier molecular flexibility index (Phi) is 4.46. The summed E-state index contributed by atoms with van der Waals surface area (Å²) in [5.41, 5.74) is 1.06. The molecule has 0 unspecified atom stereocenters. The van der Waals surface area contributed by atoms with Crippen LogP contribution in [0.5, 0.6) is 0 Å². The van der Waals surface area contributed by atoms with Crippen molar-refractivity contribution in [2.75, 3.05) is 0 Å². The van der Waals surface area contributed by atoms with Gasteiger partial charge in [-0.05, 0) is 45.4 Å². The summed E-state index contributed by atoms with van der Waals surface area (Å²) in [5, 5.41) is 0.979. The Labute approximate surface area is 125 Å². The van der Waals surface area contributed by atoms with Gasteiger partial charge in [0.15, 0.2) is 0 Å². The molecule has 0 atom stereocenters. The van der Waals surface area contributed by atoms with E-state index >= 15 is 0 Å². The first-order valence-corrected chi connectivity index (χ1v) is 7.27. The second-order valence-electron chi connectivity index (χ2n) is 6.01. The quantitative estimate of drug-likeness (QED) is 0.826. The molecular weight excluding hydrogens is 264 g/mol. The molecule has 2 aromatic heterocycles. The Morgan fingerprint density at radius 1 is 1.43 bits per heavy atom. The highest BCUT2D eigenvalue weighted by Crippen LogP contribution is 2.22. The topological polar surface area (TPSA) is 44.1 Å². The molecule has 0 bridgehead atoms. The van der Waals surface area contributed by atoms with E-state index in [-0.39, 0.29) is 6.09 Å². The Bertz CT molecular complexity index is 663. The highest BCUT2D eigenvalue weighted by molar-refractivity contribution is 5.92. The minimum Gasteiger partial charge on any atom is -0.443 e. The number of pyridine rings is 1. The van der Waals surface area contributed by atoms with Gasteiger partial charge in [-0.25, -0.2) is 9.36 Å². The fourth-order valence-corrected chi connectivity index (χ4v) is 2.07. The smallest absolute Gasteiger partial charge is 0.419 e. The van der Waals surface area contributed by atoms with Crippen molar-refractivity contribution >= 4 is 23.1 Å². The van der Waals surface area contributed by atoms with E-state index in [0.717, 1.165) is 29.4 Å². The maximum atomic E-state index is 12.5. The van der Waals surface area contributed by atoms with E-state index in [9.17, 15) is 4.79 Å². The van der Waals surface area contributed by atoms with Gasteiger partial charge in [0.05, 0.1) is 17.4 Å². The molecule has 0 aromatic carbocycles. The first-order valence-electron chi connectivity index (χ1n) is 7.27. The van der Waals surface area contributed by atoms with E-state index in [0.29, 0.717) is 0 Å². The van der Waals surface area contributed by atoms with Crippen molar-refractivity contribution in [3.63, 3.8) is 0 Å². The molecule has 0 aliphatic heterocycles. The van der Waals surface area contributed by atoms with Crippen molar-refractivity contribution in [3.8, 4) is 0 Å². The summed E-state index contributed by atoms with van der Waals surface area (Å²) in [6.45, 7) is 7.71. The number of carbonyl (C=O) groups excluding carboxylic acids is 1. The number of aromatic nitrogens is 2. The van der Waals surface area contributed by atoms with E-state index in [1.165, 1.54) is 0 Å². The zero-order chi connectivity index (χ0) is 15.5. The summed E-state index contributed by atoms with van der Waals surface area (Å²) in [5.74, 6) is 0. The number of ether oxygens (including phenoxy) is 1. The number of carbonyl (C=O) groups is 1. The number of fused-ring (bicyclic) bond motifs is 1. The van der Waals surface area contributed by atoms with Crippen molar-refractivity contribution < 1.29 is 9.53 Å². The lowest BCUT2D eigenvalue weighted by Gasteiger charge is -2.20. The van der Waals surface area contributed by atoms with Gasteiger partial charge < -0.3 is 4.74 Å². The zero-order valence-corrected chi connectivity index (χ0v) is 13.1. The average Bonchev–Trinajstić information content (AvgIpc) is 2.75. The third-order valence-electron chi connectivity index (χ3n) is 2.96. The summed E-state index contributed by atoms with van der Waals surface area (Å²) < 4.78 is 7.08. The third kappa shape index (κ3) is 3.72. The predicted molar refractivity (Wildman–Crippen MR) is 85.3 cm³/mol. The molecule has 112 valence electrons. The Hall–Kier alpha value is -2.10. The summed E-state index contributed by atoms with van der Waals surface area (Å²) in [4.78, 5) is 16.6. The minimum atomic E-state index is -0.527. The van der Waals surface area contributed by atoms with Crippen molar-refractivity contribution in [3.05, 3.63) is 36.3 Å². The summed E-state index contributed by atoms with van der Waals surface area (Å²) in [6, 6.07) is 3.88. The molecule has 0 aliphatic rings. The zero-order valence-electron chi connectivity index (χ0n) is 13.1. The number of allylic oxidation sites excluding steroid dienone is 1. The van der Waals surface area contributed by atoms with Crippen molar-refractivity contribution in [2.24, 2.45) is 0 Å². The molecule has 0 amide bonds. The van der Waals surface area contributed by atoms with Gasteiger partial charge in [0.2, 0.25) is 0 Å². The van der Waals surface area contributed by atoms with Gasteiger partial charge in [-0.3, -0.25) is 4.98 Å². The Morgan fingerprint density at radius 3 is 2.86 bits per heavy atom. The average molecular weight is 286 g/mol. The Balaban J connectivity index is 2.47. The van der Waals surface area contributed by atoms with Crippen molar-refractivity contribution in [2.45, 2.75) is 46.1 Å². The van der Waals surface area contributed by atoms with Gasteiger partial charge in [-0.1, -0.05) is 19.4 Å². The van der Waals surface area contributed by atoms with Crippen LogP contribution in [0.1, 0.15) is 46.2 Å². The molecule has 4 heteroatoms. The van der Waals surface area contributed by atoms with Gasteiger partial charge in [0.25, 0.3) is 0 Å². The van der Waals surface area contributed by atoms with Crippen molar-refractivity contribution in [1.82, 2.24) is 9.55 Å². The van der Waals surface area contributed by atoms with Crippen LogP contribution >= 0.6 is 0 Å². The standard InChI is InChI=1S/C17H22N2O2/c1-5-6-7-8-14-11-13-9-10-18-12-15(13)19(14)16(20)21-17(2,3)4/h7-12H,5-6H2,1-4H3/b8-7+. The maximum Gasteiger partial charge on any atom is 0.419 e. The normalized spacial score (nSPS) is 12.2. The van der Waals surface area contributed by atoms with Gasteiger partial charge in [0.1, 0.15) is 5.60 Å². The molecule has 21 heavy (non-hydrogen) atoms. The van der Waals surface area contributed by atoms with E-state index in [4.69, 9.17) is 4.74 Å². The second kappa shape index (κ2) is 6.12. The summed E-state index contributed by atoms with van der Waals surface area (Å²) in [6.07, 6.45) is 9.13. The van der Waals surface area contributed by atoms with Crippen LogP contribution < -0.4 is 0 Å². The SMILES string of the molecule is CCC/C=C/c1cc2ccncc2n1C(=O)OC(C)(C)C. The highest BCUT2D eigenvalue weighted by Gasteiger charge is 2.21.